The van der Waals surface area contributed by atoms with E-state index in [9.17, 15) is 4.79 Å². The molecule has 0 heterocycles. The van der Waals surface area contributed by atoms with Gasteiger partial charge in [0.05, 0.1) is 6.61 Å². The lowest BCUT2D eigenvalue weighted by Crippen LogP contribution is -2.12. The van der Waals surface area contributed by atoms with E-state index >= 15 is 0 Å². The summed E-state index contributed by atoms with van der Waals surface area (Å²) in [6.07, 6.45) is 7.99. The third-order valence-corrected chi connectivity index (χ3v) is 6.23. The van der Waals surface area contributed by atoms with Gasteiger partial charge in [-0.05, 0) is 83.8 Å². The number of hydrogen-bond donors (Lipinski definition) is 1. The number of ether oxygens (including phenoxy) is 1. The van der Waals surface area contributed by atoms with E-state index in [2.05, 4.69) is 27.9 Å². The number of benzene rings is 2. The van der Waals surface area contributed by atoms with Crippen LogP contribution in [-0.4, -0.2) is 12.5 Å². The fourth-order valence-corrected chi connectivity index (χ4v) is 3.91. The Labute approximate surface area is 169 Å². The maximum Gasteiger partial charge on any atom is 0.255 e. The number of amides is 1. The SMILES string of the molecule is Cc1ccc(C(=O)Nc2ccc(OCCC3CCCCC3)cc2)cc1I. The molecule has 0 saturated heterocycles. The highest BCUT2D eigenvalue weighted by Crippen LogP contribution is 2.26. The van der Waals surface area contributed by atoms with E-state index in [0.29, 0.717) is 5.56 Å². The van der Waals surface area contributed by atoms with Crippen LogP contribution in [0.5, 0.6) is 5.75 Å². The molecule has 3 nitrogen and oxygen atoms in total. The Morgan fingerprint density at radius 3 is 2.54 bits per heavy atom. The lowest BCUT2D eigenvalue weighted by Gasteiger charge is -2.21. The van der Waals surface area contributed by atoms with Crippen LogP contribution in [-0.2, 0) is 0 Å². The molecule has 138 valence electrons. The summed E-state index contributed by atoms with van der Waals surface area (Å²) < 4.78 is 6.96. The van der Waals surface area contributed by atoms with Gasteiger partial charge in [-0.2, -0.15) is 0 Å². The number of rotatable bonds is 6. The third kappa shape index (κ3) is 5.47. The minimum Gasteiger partial charge on any atom is -0.494 e. The number of carbonyl (C=O) groups excluding carboxylic acids is 1. The van der Waals surface area contributed by atoms with Crippen molar-refractivity contribution in [2.75, 3.05) is 11.9 Å². The smallest absolute Gasteiger partial charge is 0.255 e. The summed E-state index contributed by atoms with van der Waals surface area (Å²) >= 11 is 2.25. The highest BCUT2D eigenvalue weighted by molar-refractivity contribution is 14.1. The van der Waals surface area contributed by atoms with E-state index in [4.69, 9.17) is 4.74 Å². The Balaban J connectivity index is 1.49. The molecule has 1 aliphatic carbocycles. The maximum absolute atomic E-state index is 12.4. The first-order valence-corrected chi connectivity index (χ1v) is 10.5. The van der Waals surface area contributed by atoms with Gasteiger partial charge in [-0.15, -0.1) is 0 Å². The quantitative estimate of drug-likeness (QED) is 0.518. The van der Waals surface area contributed by atoms with Crippen molar-refractivity contribution in [3.8, 4) is 5.75 Å². The fraction of sp³-hybridized carbons (Fsp3) is 0.409. The van der Waals surface area contributed by atoms with Crippen molar-refractivity contribution in [1.29, 1.82) is 0 Å². The molecule has 2 aromatic carbocycles. The van der Waals surface area contributed by atoms with Gasteiger partial charge in [0.15, 0.2) is 0 Å². The Hall–Kier alpha value is -1.56. The Morgan fingerprint density at radius 2 is 1.85 bits per heavy atom. The van der Waals surface area contributed by atoms with Crippen LogP contribution in [0.15, 0.2) is 42.5 Å². The summed E-state index contributed by atoms with van der Waals surface area (Å²) in [7, 11) is 0. The van der Waals surface area contributed by atoms with Crippen molar-refractivity contribution in [1.82, 2.24) is 0 Å². The van der Waals surface area contributed by atoms with Gasteiger partial charge in [0.25, 0.3) is 5.91 Å². The molecule has 1 N–H and O–H groups in total. The van der Waals surface area contributed by atoms with Gasteiger partial charge in [-0.3, -0.25) is 4.79 Å². The van der Waals surface area contributed by atoms with Crippen molar-refractivity contribution >= 4 is 34.2 Å². The second-order valence-electron chi connectivity index (χ2n) is 7.08. The molecular weight excluding hydrogens is 437 g/mol. The summed E-state index contributed by atoms with van der Waals surface area (Å²) in [6, 6.07) is 13.4. The molecule has 1 amide bonds. The van der Waals surface area contributed by atoms with Crippen molar-refractivity contribution in [2.24, 2.45) is 5.92 Å². The van der Waals surface area contributed by atoms with Crippen LogP contribution in [0, 0.1) is 16.4 Å². The van der Waals surface area contributed by atoms with Gasteiger partial charge in [-0.25, -0.2) is 0 Å². The van der Waals surface area contributed by atoms with Crippen molar-refractivity contribution in [2.45, 2.75) is 45.4 Å². The molecule has 2 aromatic rings. The van der Waals surface area contributed by atoms with Gasteiger partial charge >= 0.3 is 0 Å². The highest BCUT2D eigenvalue weighted by atomic mass is 127. The van der Waals surface area contributed by atoms with E-state index in [1.807, 2.05) is 49.4 Å². The van der Waals surface area contributed by atoms with Crippen molar-refractivity contribution < 1.29 is 9.53 Å². The lowest BCUT2D eigenvalue weighted by atomic mass is 9.87. The zero-order valence-corrected chi connectivity index (χ0v) is 17.4. The maximum atomic E-state index is 12.4. The molecule has 0 aliphatic heterocycles. The minimum absolute atomic E-state index is 0.0890. The standard InChI is InChI=1S/C22H26INO2/c1-16-7-8-18(15-21(16)23)22(25)24-19-9-11-20(12-10-19)26-14-13-17-5-3-2-4-6-17/h7-12,15,17H,2-6,13-14H2,1H3,(H,24,25). The fourth-order valence-electron chi connectivity index (χ4n) is 3.39. The molecule has 1 saturated carbocycles. The molecule has 1 aliphatic rings. The largest absolute Gasteiger partial charge is 0.494 e. The van der Waals surface area contributed by atoms with Crippen LogP contribution in [0.25, 0.3) is 0 Å². The Kier molecular flexibility index (Phi) is 6.94. The number of anilines is 1. The molecule has 0 atom stereocenters. The molecule has 0 unspecified atom stereocenters. The summed E-state index contributed by atoms with van der Waals surface area (Å²) in [5.74, 6) is 1.61. The Morgan fingerprint density at radius 1 is 1.12 bits per heavy atom. The van der Waals surface area contributed by atoms with Gasteiger partial charge in [0.2, 0.25) is 0 Å². The zero-order valence-electron chi connectivity index (χ0n) is 15.3. The van der Waals surface area contributed by atoms with Crippen molar-refractivity contribution in [3.05, 3.63) is 57.2 Å². The number of carbonyl (C=O) groups is 1. The first kappa shape index (κ1) is 19.2. The highest BCUT2D eigenvalue weighted by Gasteiger charge is 2.13. The molecule has 1 fully saturated rings. The number of nitrogens with one attached hydrogen (secondary N) is 1. The number of aryl methyl sites for hydroxylation is 1. The third-order valence-electron chi connectivity index (χ3n) is 5.07. The zero-order chi connectivity index (χ0) is 18.4. The molecule has 3 rings (SSSR count). The van der Waals surface area contributed by atoms with Crippen LogP contribution in [0.2, 0.25) is 0 Å². The first-order valence-electron chi connectivity index (χ1n) is 9.42. The summed E-state index contributed by atoms with van der Waals surface area (Å²) in [6.45, 7) is 2.81. The van der Waals surface area contributed by atoms with Gasteiger partial charge in [0, 0.05) is 14.8 Å². The number of hydrogen-bond acceptors (Lipinski definition) is 2. The molecule has 0 aromatic heterocycles. The topological polar surface area (TPSA) is 38.3 Å². The van der Waals surface area contributed by atoms with E-state index in [-0.39, 0.29) is 5.91 Å². The van der Waals surface area contributed by atoms with Crippen LogP contribution in [0.1, 0.15) is 54.4 Å². The summed E-state index contributed by atoms with van der Waals surface area (Å²) in [5, 5.41) is 2.94. The monoisotopic (exact) mass is 463 g/mol. The van der Waals surface area contributed by atoms with E-state index < -0.39 is 0 Å². The van der Waals surface area contributed by atoms with E-state index in [1.54, 1.807) is 0 Å². The number of halogens is 1. The predicted molar refractivity (Wildman–Crippen MR) is 115 cm³/mol. The molecule has 0 radical (unpaired) electrons. The molecule has 0 spiro atoms. The van der Waals surface area contributed by atoms with Crippen LogP contribution >= 0.6 is 22.6 Å². The molecule has 0 bridgehead atoms. The lowest BCUT2D eigenvalue weighted by molar-refractivity contribution is 0.102. The normalized spacial score (nSPS) is 14.8. The van der Waals surface area contributed by atoms with Crippen molar-refractivity contribution in [3.63, 3.8) is 0 Å². The first-order chi connectivity index (χ1) is 12.6. The summed E-state index contributed by atoms with van der Waals surface area (Å²) in [4.78, 5) is 12.4. The molecule has 26 heavy (non-hydrogen) atoms. The summed E-state index contributed by atoms with van der Waals surface area (Å²) in [5.41, 5.74) is 2.63. The van der Waals surface area contributed by atoms with Crippen LogP contribution in [0.4, 0.5) is 5.69 Å². The molecular formula is C22H26INO2. The second kappa shape index (κ2) is 9.40. The minimum atomic E-state index is -0.0890. The second-order valence-corrected chi connectivity index (χ2v) is 8.25. The Bertz CT molecular complexity index is 736. The van der Waals surface area contributed by atoms with Gasteiger partial charge in [0.1, 0.15) is 5.75 Å². The van der Waals surface area contributed by atoms with E-state index in [1.165, 1.54) is 37.7 Å². The predicted octanol–water partition coefficient (Wildman–Crippen LogP) is 6.20. The van der Waals surface area contributed by atoms with Gasteiger partial charge in [-0.1, -0.05) is 38.2 Å². The van der Waals surface area contributed by atoms with Gasteiger partial charge < -0.3 is 10.1 Å². The average molecular weight is 463 g/mol. The van der Waals surface area contributed by atoms with E-state index in [0.717, 1.165) is 34.0 Å². The average Bonchev–Trinajstić information content (AvgIpc) is 2.66. The van der Waals surface area contributed by atoms with Crippen LogP contribution < -0.4 is 10.1 Å². The molecule has 4 heteroatoms. The van der Waals surface area contributed by atoms with Crippen LogP contribution in [0.3, 0.4) is 0 Å².